The van der Waals surface area contributed by atoms with E-state index < -0.39 is 23.8 Å². The zero-order chi connectivity index (χ0) is 32.8. The van der Waals surface area contributed by atoms with E-state index in [0.717, 1.165) is 0 Å². The number of carboxylic acids is 2. The molecule has 0 atom stereocenters. The van der Waals surface area contributed by atoms with Crippen molar-refractivity contribution < 1.29 is 38.2 Å². The average molecular weight is 659 g/mol. The van der Waals surface area contributed by atoms with Crippen LogP contribution in [0.4, 0.5) is 0 Å². The minimum atomic E-state index is -1.17. The molecule has 0 unspecified atom stereocenters. The van der Waals surface area contributed by atoms with Gasteiger partial charge in [0.1, 0.15) is 23.0 Å². The first kappa shape index (κ1) is 31.4. The Morgan fingerprint density at radius 3 is 1.35 bits per heavy atom. The first-order valence-electron chi connectivity index (χ1n) is 13.1. The van der Waals surface area contributed by atoms with Gasteiger partial charge in [-0.1, -0.05) is 23.2 Å². The summed E-state index contributed by atoms with van der Waals surface area (Å²) in [5.74, 6) is -2.04. The minimum absolute atomic E-state index is 0.0624. The molecule has 46 heavy (non-hydrogen) atoms. The highest BCUT2D eigenvalue weighted by Crippen LogP contribution is 2.28. The normalized spacial score (nSPS) is 11.2. The smallest absolute Gasteiger partial charge is 0.337 e. The molecule has 0 radical (unpaired) electrons. The van der Waals surface area contributed by atoms with Gasteiger partial charge in [-0.15, -0.1) is 0 Å². The maximum Gasteiger partial charge on any atom is 0.337 e. The number of hydrazone groups is 2. The van der Waals surface area contributed by atoms with Gasteiger partial charge in [0.05, 0.1) is 33.6 Å². The number of carbonyl (C=O) groups excluding carboxylic acids is 2. The molecule has 0 fully saturated rings. The Balaban J connectivity index is 1.13. The highest BCUT2D eigenvalue weighted by Gasteiger charge is 2.14. The lowest BCUT2D eigenvalue weighted by Crippen LogP contribution is -2.19. The Kier molecular flexibility index (Phi) is 9.41. The quantitative estimate of drug-likeness (QED) is 0.0975. The molecule has 0 saturated carbocycles. The molecule has 2 heterocycles. The van der Waals surface area contributed by atoms with Crippen LogP contribution in [0.3, 0.4) is 0 Å². The Morgan fingerprint density at radius 2 is 0.978 bits per heavy atom. The monoisotopic (exact) mass is 658 g/mol. The van der Waals surface area contributed by atoms with Gasteiger partial charge in [-0.3, -0.25) is 9.59 Å². The molecular formula is C32H20Cl2N4O8. The maximum absolute atomic E-state index is 12.5. The number of nitrogens with zero attached hydrogens (tertiary/aromatic N) is 2. The van der Waals surface area contributed by atoms with Crippen molar-refractivity contribution in [2.24, 2.45) is 10.2 Å². The molecule has 230 valence electrons. The molecule has 0 spiro atoms. The van der Waals surface area contributed by atoms with Crippen molar-refractivity contribution in [1.29, 1.82) is 0 Å². The van der Waals surface area contributed by atoms with Crippen molar-refractivity contribution in [3.05, 3.63) is 129 Å². The number of hydrogen-bond acceptors (Lipinski definition) is 8. The average Bonchev–Trinajstić information content (AvgIpc) is 3.71. The van der Waals surface area contributed by atoms with Gasteiger partial charge in [0, 0.05) is 22.3 Å². The molecule has 3 aromatic carbocycles. The van der Waals surface area contributed by atoms with Crippen LogP contribution < -0.4 is 10.9 Å². The van der Waals surface area contributed by atoms with Crippen LogP contribution in [-0.4, -0.2) is 46.4 Å². The van der Waals surface area contributed by atoms with Crippen molar-refractivity contribution >= 4 is 59.4 Å². The minimum Gasteiger partial charge on any atom is -0.478 e. The van der Waals surface area contributed by atoms with Gasteiger partial charge in [0.2, 0.25) is 0 Å². The molecule has 0 aliphatic rings. The first-order valence-corrected chi connectivity index (χ1v) is 13.9. The number of nitrogens with one attached hydrogen (secondary N) is 2. The Morgan fingerprint density at radius 1 is 0.587 bits per heavy atom. The van der Waals surface area contributed by atoms with Gasteiger partial charge in [-0.2, -0.15) is 10.2 Å². The van der Waals surface area contributed by atoms with Crippen molar-refractivity contribution in [3.63, 3.8) is 0 Å². The fraction of sp³-hybridized carbons (Fsp3) is 0. The van der Waals surface area contributed by atoms with Crippen molar-refractivity contribution in [2.75, 3.05) is 0 Å². The van der Waals surface area contributed by atoms with Gasteiger partial charge >= 0.3 is 11.9 Å². The van der Waals surface area contributed by atoms with E-state index in [-0.39, 0.29) is 32.3 Å². The lowest BCUT2D eigenvalue weighted by atomic mass is 10.1. The van der Waals surface area contributed by atoms with Crippen LogP contribution in [-0.2, 0) is 0 Å². The van der Waals surface area contributed by atoms with E-state index in [1.165, 1.54) is 61.0 Å². The van der Waals surface area contributed by atoms with Crippen LogP contribution in [0.15, 0.2) is 104 Å². The molecule has 5 aromatic rings. The van der Waals surface area contributed by atoms with Gasteiger partial charge in [-0.25, -0.2) is 20.4 Å². The summed E-state index contributed by atoms with van der Waals surface area (Å²) in [6.45, 7) is 0. The number of hydrogen-bond donors (Lipinski definition) is 4. The number of carboxylic acid groups (broad SMARTS) is 2. The summed E-state index contributed by atoms with van der Waals surface area (Å²) in [5.41, 5.74) is 6.06. The second-order valence-corrected chi connectivity index (χ2v) is 10.2. The molecule has 5 rings (SSSR count). The highest BCUT2D eigenvalue weighted by atomic mass is 35.5. The molecule has 12 nitrogen and oxygen atoms in total. The third kappa shape index (κ3) is 7.38. The number of rotatable bonds is 10. The zero-order valence-electron chi connectivity index (χ0n) is 23.2. The molecule has 4 N–H and O–H groups in total. The van der Waals surface area contributed by atoms with Crippen LogP contribution in [0.2, 0.25) is 10.0 Å². The number of carbonyl (C=O) groups is 4. The van der Waals surface area contributed by atoms with E-state index in [1.807, 2.05) is 0 Å². The van der Waals surface area contributed by atoms with Crippen LogP contribution >= 0.6 is 23.2 Å². The summed E-state index contributed by atoms with van der Waals surface area (Å²) < 4.78 is 11.3. The topological polar surface area (TPSA) is 184 Å². The first-order chi connectivity index (χ1) is 22.1. The number of halogens is 2. The fourth-order valence-electron chi connectivity index (χ4n) is 4.05. The van der Waals surface area contributed by atoms with Crippen molar-refractivity contribution in [1.82, 2.24) is 10.9 Å². The standard InChI is InChI=1S/C32H20Cl2N4O8/c33-25-9-5-19(13-23(25)31(41)42)27-11-7-21(45-27)15-35-37-29(39)17-1-2-18(4-3-17)30(40)38-36-16-22-8-12-28(46-22)20-6-10-26(34)24(14-20)32(43)44/h1-16H,(H,37,39)(H,38,40)(H,41,42)(H,43,44)/b35-15+,36-16+. The Hall–Kier alpha value is -5.98. The summed E-state index contributed by atoms with van der Waals surface area (Å²) in [6.07, 6.45) is 2.56. The third-order valence-electron chi connectivity index (χ3n) is 6.34. The van der Waals surface area contributed by atoms with Gasteiger partial charge in [0.25, 0.3) is 11.8 Å². The van der Waals surface area contributed by atoms with Crippen molar-refractivity contribution in [3.8, 4) is 22.6 Å². The van der Waals surface area contributed by atoms with E-state index in [2.05, 4.69) is 21.1 Å². The number of furan rings is 2. The molecule has 0 saturated heterocycles. The predicted molar refractivity (Wildman–Crippen MR) is 169 cm³/mol. The highest BCUT2D eigenvalue weighted by molar-refractivity contribution is 6.34. The molecule has 0 aliphatic heterocycles. The third-order valence-corrected chi connectivity index (χ3v) is 7.00. The van der Waals surface area contributed by atoms with E-state index >= 15 is 0 Å². The maximum atomic E-state index is 12.5. The largest absolute Gasteiger partial charge is 0.478 e. The molecular weight excluding hydrogens is 639 g/mol. The Labute approximate surface area is 269 Å². The van der Waals surface area contributed by atoms with Crippen LogP contribution in [0, 0.1) is 0 Å². The van der Waals surface area contributed by atoms with E-state index in [9.17, 15) is 29.4 Å². The molecule has 2 aromatic heterocycles. The SMILES string of the molecule is O=C(N/N=C/c1ccc(-c2ccc(Cl)c(C(=O)O)c2)o1)c1ccc(C(=O)N/N=C/c2ccc(-c3ccc(Cl)c(C(=O)O)c3)o2)cc1. The number of aromatic carboxylic acids is 2. The van der Waals surface area contributed by atoms with E-state index in [4.69, 9.17) is 32.0 Å². The number of benzene rings is 3. The zero-order valence-corrected chi connectivity index (χ0v) is 24.7. The van der Waals surface area contributed by atoms with Gasteiger partial charge in [-0.05, 0) is 84.9 Å². The summed E-state index contributed by atoms with van der Waals surface area (Å²) in [5, 5.41) is 26.5. The molecule has 2 amide bonds. The lowest BCUT2D eigenvalue weighted by Gasteiger charge is -2.03. The molecule has 0 bridgehead atoms. The second-order valence-electron chi connectivity index (χ2n) is 9.38. The lowest BCUT2D eigenvalue weighted by molar-refractivity contribution is 0.0686. The summed E-state index contributed by atoms with van der Waals surface area (Å²) in [6, 6.07) is 21.1. The van der Waals surface area contributed by atoms with Crippen LogP contribution in [0.5, 0.6) is 0 Å². The van der Waals surface area contributed by atoms with E-state index in [1.54, 1.807) is 36.4 Å². The summed E-state index contributed by atoms with van der Waals surface area (Å²) in [7, 11) is 0. The fourth-order valence-corrected chi connectivity index (χ4v) is 4.45. The van der Waals surface area contributed by atoms with Gasteiger partial charge < -0.3 is 19.0 Å². The molecule has 0 aliphatic carbocycles. The van der Waals surface area contributed by atoms with Crippen LogP contribution in [0.1, 0.15) is 53.0 Å². The van der Waals surface area contributed by atoms with Gasteiger partial charge in [0.15, 0.2) is 0 Å². The Bertz CT molecular complexity index is 1880. The molecule has 14 heteroatoms. The van der Waals surface area contributed by atoms with Crippen molar-refractivity contribution in [2.45, 2.75) is 0 Å². The van der Waals surface area contributed by atoms with Crippen LogP contribution in [0.25, 0.3) is 22.6 Å². The summed E-state index contributed by atoms with van der Waals surface area (Å²) >= 11 is 11.8. The van der Waals surface area contributed by atoms with E-state index in [0.29, 0.717) is 34.2 Å². The number of amides is 2. The summed E-state index contributed by atoms with van der Waals surface area (Å²) in [4.78, 5) is 47.6. The predicted octanol–water partition coefficient (Wildman–Crippen LogP) is 6.44. The second kappa shape index (κ2) is 13.8.